The maximum absolute atomic E-state index is 12.8. The third-order valence-corrected chi connectivity index (χ3v) is 5.68. The van der Waals surface area contributed by atoms with E-state index in [2.05, 4.69) is 9.99 Å². The molecule has 3 rings (SSSR count). The van der Waals surface area contributed by atoms with Crippen molar-refractivity contribution in [2.45, 2.75) is 25.2 Å². The summed E-state index contributed by atoms with van der Waals surface area (Å²) >= 11 is 1.35. The summed E-state index contributed by atoms with van der Waals surface area (Å²) in [5.41, 5.74) is -1.98. The number of piperazine rings is 1. The van der Waals surface area contributed by atoms with E-state index in [1.807, 2.05) is 4.90 Å². The second-order valence-electron chi connectivity index (χ2n) is 6.49. The number of nitrogens with zero attached hydrogens (tertiary/aromatic N) is 3. The number of thiophene rings is 1. The van der Waals surface area contributed by atoms with Gasteiger partial charge in [-0.3, -0.25) is 4.79 Å². The molecule has 1 fully saturated rings. The van der Waals surface area contributed by atoms with Crippen LogP contribution in [0, 0.1) is 0 Å². The highest BCUT2D eigenvalue weighted by Crippen LogP contribution is 2.30. The Morgan fingerprint density at radius 3 is 2.40 bits per heavy atom. The zero-order valence-corrected chi connectivity index (χ0v) is 16.0. The summed E-state index contributed by atoms with van der Waals surface area (Å²) in [6.45, 7) is 0.366. The van der Waals surface area contributed by atoms with E-state index in [1.165, 1.54) is 11.3 Å². The maximum Gasteiger partial charge on any atom is 0.471 e. The minimum Gasteiger partial charge on any atom is -0.360 e. The predicted molar refractivity (Wildman–Crippen MR) is 95.2 cm³/mol. The number of rotatable bonds is 4. The van der Waals surface area contributed by atoms with E-state index in [9.17, 15) is 35.9 Å². The first-order chi connectivity index (χ1) is 14.0. The average molecular weight is 455 g/mol. The van der Waals surface area contributed by atoms with Crippen LogP contribution in [0.5, 0.6) is 0 Å². The van der Waals surface area contributed by atoms with E-state index >= 15 is 0 Å². The van der Waals surface area contributed by atoms with Crippen LogP contribution < -0.4 is 4.90 Å². The topological polar surface area (TPSA) is 62.2 Å². The molecule has 0 saturated carbocycles. The minimum atomic E-state index is -4.89. The average Bonchev–Trinajstić information content (AvgIpc) is 3.27. The number of allylic oxidation sites excluding steroid dienone is 1. The van der Waals surface area contributed by atoms with Crippen LogP contribution in [0.15, 0.2) is 28.9 Å². The summed E-state index contributed by atoms with van der Waals surface area (Å²) in [5.74, 6) is -3.00. The fraction of sp³-hybridized carbons (Fsp3) is 0.471. The van der Waals surface area contributed by atoms with Crippen molar-refractivity contribution < 1.29 is 40.8 Å². The van der Waals surface area contributed by atoms with E-state index in [-0.39, 0.29) is 32.6 Å². The number of alkyl halides is 6. The van der Waals surface area contributed by atoms with Gasteiger partial charge in [-0.1, -0.05) is 11.2 Å². The summed E-state index contributed by atoms with van der Waals surface area (Å²) in [6, 6.07) is 3.53. The van der Waals surface area contributed by atoms with Crippen molar-refractivity contribution in [3.63, 3.8) is 0 Å². The van der Waals surface area contributed by atoms with Crippen LogP contribution in [-0.2, 0) is 20.8 Å². The first-order valence-electron chi connectivity index (χ1n) is 8.73. The lowest BCUT2D eigenvalue weighted by molar-refractivity contribution is -0.185. The number of anilines is 1. The van der Waals surface area contributed by atoms with Gasteiger partial charge in [0.2, 0.25) is 0 Å². The van der Waals surface area contributed by atoms with Gasteiger partial charge >= 0.3 is 24.2 Å². The van der Waals surface area contributed by atoms with Crippen LogP contribution >= 0.6 is 11.3 Å². The molecule has 1 aromatic rings. The lowest BCUT2D eigenvalue weighted by atomic mass is 10.1. The number of hydrogen-bond acceptors (Lipinski definition) is 6. The van der Waals surface area contributed by atoms with E-state index in [0.29, 0.717) is 6.42 Å². The Morgan fingerprint density at radius 1 is 1.13 bits per heavy atom. The molecule has 1 amide bonds. The largest absolute Gasteiger partial charge is 0.471 e. The number of aryl methyl sites for hydroxylation is 1. The third kappa shape index (κ3) is 4.94. The van der Waals surface area contributed by atoms with Gasteiger partial charge in [-0.2, -0.15) is 26.3 Å². The highest BCUT2D eigenvalue weighted by Gasteiger charge is 2.45. The van der Waals surface area contributed by atoms with Gasteiger partial charge in [-0.25, -0.2) is 4.79 Å². The zero-order chi connectivity index (χ0) is 22.1. The van der Waals surface area contributed by atoms with Crippen LogP contribution in [0.25, 0.3) is 0 Å². The van der Waals surface area contributed by atoms with Gasteiger partial charge in [0.15, 0.2) is 5.71 Å². The number of amides is 1. The molecule has 0 unspecified atom stereocenters. The molecule has 13 heteroatoms. The van der Waals surface area contributed by atoms with Crippen LogP contribution in [0.4, 0.5) is 31.3 Å². The van der Waals surface area contributed by atoms with Gasteiger partial charge in [0, 0.05) is 31.1 Å². The Hall–Kier alpha value is -2.57. The van der Waals surface area contributed by atoms with Crippen LogP contribution in [-0.4, -0.2) is 61.0 Å². The molecule has 0 aromatic carbocycles. The molecule has 2 aliphatic rings. The van der Waals surface area contributed by atoms with Crippen molar-refractivity contribution in [1.29, 1.82) is 0 Å². The van der Waals surface area contributed by atoms with E-state index in [1.54, 1.807) is 12.1 Å². The van der Waals surface area contributed by atoms with Gasteiger partial charge in [0.25, 0.3) is 0 Å². The minimum absolute atomic E-state index is 0.0562. The Kier molecular flexibility index (Phi) is 6.11. The van der Waals surface area contributed by atoms with Gasteiger partial charge in [0.1, 0.15) is 0 Å². The standard InChI is InChI=1S/C17H15F6N3O3S/c18-16(19,20)13-11(14(27)29-24-13)3-1-2-10-4-5-12(30-10)25-6-8-26(9-7-25)15(28)17(21,22)23/h3-5H,1-2,6-9H2/b11-3-. The number of carbonyl (C=O) groups excluding carboxylic acids is 2. The normalized spacial score (nSPS) is 19.3. The fourth-order valence-electron chi connectivity index (χ4n) is 3.01. The zero-order valence-electron chi connectivity index (χ0n) is 15.2. The molecule has 6 nitrogen and oxygen atoms in total. The molecule has 30 heavy (non-hydrogen) atoms. The maximum atomic E-state index is 12.8. The highest BCUT2D eigenvalue weighted by molar-refractivity contribution is 7.16. The van der Waals surface area contributed by atoms with Crippen LogP contribution in [0.3, 0.4) is 0 Å². The van der Waals surface area contributed by atoms with Crippen molar-refractivity contribution in [2.24, 2.45) is 5.16 Å². The predicted octanol–water partition coefficient (Wildman–Crippen LogP) is 3.29. The summed E-state index contributed by atoms with van der Waals surface area (Å²) in [7, 11) is 0. The van der Waals surface area contributed by atoms with E-state index < -0.39 is 35.5 Å². The summed E-state index contributed by atoms with van der Waals surface area (Å²) < 4.78 is 75.9. The molecular weight excluding hydrogens is 440 g/mol. The SMILES string of the molecule is O=C1ON=C(C(F)(F)F)/C1=C/CCc1ccc(N2CCN(C(=O)C(F)(F)F)CC2)s1. The van der Waals surface area contributed by atoms with Crippen LogP contribution in [0.2, 0.25) is 0 Å². The van der Waals surface area contributed by atoms with Gasteiger partial charge < -0.3 is 14.6 Å². The van der Waals surface area contributed by atoms with Crippen molar-refractivity contribution in [3.8, 4) is 0 Å². The van der Waals surface area contributed by atoms with E-state index in [0.717, 1.165) is 20.9 Å². The fourth-order valence-corrected chi connectivity index (χ4v) is 4.08. The second-order valence-corrected chi connectivity index (χ2v) is 7.64. The van der Waals surface area contributed by atoms with Crippen molar-refractivity contribution in [3.05, 3.63) is 28.7 Å². The van der Waals surface area contributed by atoms with Crippen molar-refractivity contribution in [2.75, 3.05) is 31.1 Å². The molecular formula is C17H15F6N3O3S. The Morgan fingerprint density at radius 2 is 1.80 bits per heavy atom. The van der Waals surface area contributed by atoms with Crippen LogP contribution in [0.1, 0.15) is 11.3 Å². The smallest absolute Gasteiger partial charge is 0.360 e. The molecule has 0 N–H and O–H groups in total. The van der Waals surface area contributed by atoms with Crippen molar-refractivity contribution >= 4 is 33.9 Å². The highest BCUT2D eigenvalue weighted by atomic mass is 32.1. The molecule has 1 aromatic heterocycles. The number of halogens is 6. The number of hydrogen-bond donors (Lipinski definition) is 0. The molecule has 164 valence electrons. The molecule has 1 saturated heterocycles. The Balaban J connectivity index is 1.55. The molecule has 2 aliphatic heterocycles. The lowest BCUT2D eigenvalue weighted by Gasteiger charge is -2.35. The van der Waals surface area contributed by atoms with Gasteiger partial charge in [-0.05, 0) is 25.0 Å². The summed E-state index contributed by atoms with van der Waals surface area (Å²) in [4.78, 5) is 30.2. The summed E-state index contributed by atoms with van der Waals surface area (Å²) in [5, 5.41) is 3.55. The van der Waals surface area contributed by atoms with Gasteiger partial charge in [-0.15, -0.1) is 11.3 Å². The molecule has 0 atom stereocenters. The molecule has 3 heterocycles. The second kappa shape index (κ2) is 8.28. The number of oxime groups is 1. The quantitative estimate of drug-likeness (QED) is 0.397. The first-order valence-corrected chi connectivity index (χ1v) is 9.55. The number of carbonyl (C=O) groups is 2. The molecule has 0 bridgehead atoms. The molecule has 0 spiro atoms. The van der Waals surface area contributed by atoms with Gasteiger partial charge in [0.05, 0.1) is 10.6 Å². The Bertz CT molecular complexity index is 882. The lowest BCUT2D eigenvalue weighted by Crippen LogP contribution is -2.52. The summed E-state index contributed by atoms with van der Waals surface area (Å²) in [6.07, 6.45) is -8.05. The third-order valence-electron chi connectivity index (χ3n) is 4.47. The molecule has 0 aliphatic carbocycles. The van der Waals surface area contributed by atoms with E-state index in [4.69, 9.17) is 0 Å². The first kappa shape index (κ1) is 22.1. The Labute approximate surface area is 170 Å². The monoisotopic (exact) mass is 455 g/mol. The molecule has 0 radical (unpaired) electrons. The van der Waals surface area contributed by atoms with Crippen molar-refractivity contribution in [1.82, 2.24) is 4.90 Å².